The van der Waals surface area contributed by atoms with E-state index in [4.69, 9.17) is 9.40 Å². The number of hydrogen-bond acceptors (Lipinski definition) is 4. The highest BCUT2D eigenvalue weighted by Crippen LogP contribution is 2.27. The van der Waals surface area contributed by atoms with Gasteiger partial charge in [0.25, 0.3) is 0 Å². The van der Waals surface area contributed by atoms with Crippen LogP contribution in [0.2, 0.25) is 0 Å². The van der Waals surface area contributed by atoms with Crippen molar-refractivity contribution < 1.29 is 4.42 Å². The molecule has 3 aromatic rings. The van der Waals surface area contributed by atoms with Crippen LogP contribution in [0.1, 0.15) is 24.4 Å². The largest absolute Gasteiger partial charge is 0.467 e. The fraction of sp³-hybridized carbons (Fsp3) is 0.412. The molecule has 0 saturated carbocycles. The van der Waals surface area contributed by atoms with E-state index in [1.54, 1.807) is 6.26 Å². The number of hydrogen-bond donors (Lipinski definition) is 0. The van der Waals surface area contributed by atoms with E-state index in [1.165, 1.54) is 24.3 Å². The summed E-state index contributed by atoms with van der Waals surface area (Å²) in [7, 11) is 0. The number of pyridine rings is 1. The topological polar surface area (TPSA) is 43.9 Å². The van der Waals surface area contributed by atoms with Gasteiger partial charge >= 0.3 is 0 Å². The number of furan rings is 1. The van der Waals surface area contributed by atoms with Gasteiger partial charge in [0.1, 0.15) is 17.1 Å². The second kappa shape index (κ2) is 6.16. The molecular formula is C17H19N3OS. The molecule has 0 aromatic carbocycles. The molecule has 4 heterocycles. The molecule has 0 radical (unpaired) electrons. The summed E-state index contributed by atoms with van der Waals surface area (Å²) < 4.78 is 7.74. The smallest absolute Gasteiger partial charge is 0.160 e. The highest BCUT2D eigenvalue weighted by molar-refractivity contribution is 7.99. The predicted octanol–water partition coefficient (Wildman–Crippen LogP) is 3.76. The fourth-order valence-corrected chi connectivity index (χ4v) is 4.27. The summed E-state index contributed by atoms with van der Waals surface area (Å²) in [5, 5.41) is 0. The molecule has 1 fully saturated rings. The van der Waals surface area contributed by atoms with Crippen molar-refractivity contribution in [2.45, 2.75) is 25.8 Å². The lowest BCUT2D eigenvalue weighted by atomic mass is 10.0. The van der Waals surface area contributed by atoms with Gasteiger partial charge in [0, 0.05) is 12.6 Å². The van der Waals surface area contributed by atoms with Crippen LogP contribution in [-0.4, -0.2) is 26.0 Å². The van der Waals surface area contributed by atoms with Gasteiger partial charge in [-0.25, -0.2) is 9.97 Å². The van der Waals surface area contributed by atoms with Gasteiger partial charge in [0.05, 0.1) is 12.8 Å². The molecule has 0 N–H and O–H groups in total. The molecule has 3 aromatic heterocycles. The second-order valence-electron chi connectivity index (χ2n) is 5.83. The molecule has 0 amide bonds. The van der Waals surface area contributed by atoms with Gasteiger partial charge in [-0.05, 0) is 54.5 Å². The second-order valence-corrected chi connectivity index (χ2v) is 6.98. The van der Waals surface area contributed by atoms with E-state index in [1.807, 2.05) is 30.5 Å². The fourth-order valence-electron chi connectivity index (χ4n) is 3.11. The molecule has 1 unspecified atom stereocenters. The number of nitrogens with zero attached hydrogens (tertiary/aromatic N) is 3. The van der Waals surface area contributed by atoms with Crippen molar-refractivity contribution in [2.24, 2.45) is 5.92 Å². The van der Waals surface area contributed by atoms with E-state index in [0.717, 1.165) is 35.1 Å². The first kappa shape index (κ1) is 13.9. The maximum atomic E-state index is 5.52. The first-order chi connectivity index (χ1) is 10.9. The van der Waals surface area contributed by atoms with Crippen LogP contribution < -0.4 is 0 Å². The average Bonchev–Trinajstić information content (AvgIpc) is 3.18. The lowest BCUT2D eigenvalue weighted by Gasteiger charge is -2.21. The highest BCUT2D eigenvalue weighted by atomic mass is 32.2. The number of fused-ring (bicyclic) bond motifs is 1. The molecule has 1 aliphatic heterocycles. The van der Waals surface area contributed by atoms with E-state index >= 15 is 0 Å². The first-order valence-corrected chi connectivity index (χ1v) is 8.96. The Kier molecular flexibility index (Phi) is 3.89. The Bertz CT molecular complexity index is 744. The third-order valence-corrected chi connectivity index (χ3v) is 5.49. The summed E-state index contributed by atoms with van der Waals surface area (Å²) in [6, 6.07) is 7.93. The Morgan fingerprint density at radius 3 is 3.14 bits per heavy atom. The van der Waals surface area contributed by atoms with Crippen LogP contribution >= 0.6 is 11.8 Å². The lowest BCUT2D eigenvalue weighted by molar-refractivity contribution is 0.471. The van der Waals surface area contributed by atoms with Crippen molar-refractivity contribution in [2.75, 3.05) is 11.5 Å². The summed E-state index contributed by atoms with van der Waals surface area (Å²) in [5.41, 5.74) is 1.94. The van der Waals surface area contributed by atoms with E-state index in [9.17, 15) is 0 Å². The van der Waals surface area contributed by atoms with Gasteiger partial charge in [0.2, 0.25) is 0 Å². The Hall–Kier alpha value is -1.75. The van der Waals surface area contributed by atoms with Crippen molar-refractivity contribution in [1.29, 1.82) is 0 Å². The quantitative estimate of drug-likeness (QED) is 0.735. The van der Waals surface area contributed by atoms with Gasteiger partial charge in [-0.3, -0.25) is 0 Å². The van der Waals surface area contributed by atoms with Gasteiger partial charge < -0.3 is 8.98 Å². The van der Waals surface area contributed by atoms with Crippen LogP contribution in [0, 0.1) is 5.92 Å². The van der Waals surface area contributed by atoms with Crippen molar-refractivity contribution in [3.63, 3.8) is 0 Å². The van der Waals surface area contributed by atoms with Crippen molar-refractivity contribution in [1.82, 2.24) is 14.5 Å². The molecule has 114 valence electrons. The van der Waals surface area contributed by atoms with Gasteiger partial charge in [-0.1, -0.05) is 0 Å². The van der Waals surface area contributed by atoms with E-state index in [2.05, 4.69) is 21.3 Å². The zero-order chi connectivity index (χ0) is 14.8. The minimum Gasteiger partial charge on any atom is -0.467 e. The molecule has 5 heteroatoms. The number of rotatable bonds is 4. The lowest BCUT2D eigenvalue weighted by Crippen LogP contribution is -2.16. The standard InChI is InChI=1S/C17H19N3OS/c1-6-15-17(18-7-1)20(11-14-5-2-8-21-14)16(19-15)10-13-4-3-9-22-12-13/h1-2,5-8,13H,3-4,9-12H2. The molecule has 1 saturated heterocycles. The summed E-state index contributed by atoms with van der Waals surface area (Å²) in [6.07, 6.45) is 7.22. The van der Waals surface area contributed by atoms with Crippen LogP contribution in [-0.2, 0) is 13.0 Å². The molecule has 22 heavy (non-hydrogen) atoms. The van der Waals surface area contributed by atoms with Crippen LogP contribution in [0.3, 0.4) is 0 Å². The van der Waals surface area contributed by atoms with Crippen LogP contribution in [0.4, 0.5) is 0 Å². The highest BCUT2D eigenvalue weighted by Gasteiger charge is 2.19. The van der Waals surface area contributed by atoms with Gasteiger partial charge in [-0.2, -0.15) is 11.8 Å². The summed E-state index contributed by atoms with van der Waals surface area (Å²) in [5.74, 6) is 5.37. The van der Waals surface area contributed by atoms with E-state index in [-0.39, 0.29) is 0 Å². The molecule has 0 aliphatic carbocycles. The zero-order valence-corrected chi connectivity index (χ0v) is 13.3. The molecule has 1 aliphatic rings. The Labute approximate surface area is 133 Å². The Balaban J connectivity index is 1.69. The van der Waals surface area contributed by atoms with Crippen LogP contribution in [0.5, 0.6) is 0 Å². The average molecular weight is 313 g/mol. The minimum atomic E-state index is 0.704. The maximum absolute atomic E-state index is 5.52. The Morgan fingerprint density at radius 2 is 2.32 bits per heavy atom. The first-order valence-electron chi connectivity index (χ1n) is 7.80. The predicted molar refractivity (Wildman–Crippen MR) is 89.1 cm³/mol. The SMILES string of the molecule is c1coc(Cn2c(CC3CCCSC3)nc3cccnc32)c1. The zero-order valence-electron chi connectivity index (χ0n) is 12.4. The molecule has 0 spiro atoms. The summed E-state index contributed by atoms with van der Waals surface area (Å²) in [6.45, 7) is 0.704. The normalized spacial score (nSPS) is 18.8. The van der Waals surface area contributed by atoms with Crippen LogP contribution in [0.25, 0.3) is 11.2 Å². The molecule has 4 nitrogen and oxygen atoms in total. The molecular weight excluding hydrogens is 294 g/mol. The summed E-state index contributed by atoms with van der Waals surface area (Å²) >= 11 is 2.07. The Morgan fingerprint density at radius 1 is 1.32 bits per heavy atom. The van der Waals surface area contributed by atoms with Crippen molar-refractivity contribution >= 4 is 22.9 Å². The van der Waals surface area contributed by atoms with Gasteiger partial charge in [-0.15, -0.1) is 0 Å². The summed E-state index contributed by atoms with van der Waals surface area (Å²) in [4.78, 5) is 9.37. The third-order valence-electron chi connectivity index (χ3n) is 4.20. The van der Waals surface area contributed by atoms with Gasteiger partial charge in [0.15, 0.2) is 5.65 Å². The number of thioether (sulfide) groups is 1. The van der Waals surface area contributed by atoms with Crippen molar-refractivity contribution in [3.8, 4) is 0 Å². The third kappa shape index (κ3) is 2.77. The molecule has 0 bridgehead atoms. The number of imidazole rings is 1. The number of aromatic nitrogens is 3. The van der Waals surface area contributed by atoms with Crippen LogP contribution in [0.15, 0.2) is 41.1 Å². The monoisotopic (exact) mass is 313 g/mol. The van der Waals surface area contributed by atoms with Crippen molar-refractivity contribution in [3.05, 3.63) is 48.3 Å². The maximum Gasteiger partial charge on any atom is 0.160 e. The molecule has 4 rings (SSSR count). The van der Waals surface area contributed by atoms with E-state index < -0.39 is 0 Å². The van der Waals surface area contributed by atoms with E-state index in [0.29, 0.717) is 6.54 Å². The minimum absolute atomic E-state index is 0.704. The molecule has 1 atom stereocenters.